The molecule has 0 amide bonds. The first-order chi connectivity index (χ1) is 7.90. The Balaban J connectivity index is 2.11. The Morgan fingerprint density at radius 1 is 1.44 bits per heavy atom. The molecule has 0 aliphatic heterocycles. The van der Waals surface area contributed by atoms with Gasteiger partial charge >= 0.3 is 0 Å². The number of hydrogen-bond donors (Lipinski definition) is 1. The van der Waals surface area contributed by atoms with E-state index in [1.165, 1.54) is 4.88 Å². The molecule has 0 aliphatic rings. The lowest BCUT2D eigenvalue weighted by molar-refractivity contribution is 0.538. The zero-order chi connectivity index (χ0) is 11.2. The van der Waals surface area contributed by atoms with E-state index in [4.69, 9.17) is 0 Å². The molecule has 1 unspecified atom stereocenters. The van der Waals surface area contributed by atoms with Gasteiger partial charge in [0.2, 0.25) is 0 Å². The molecular formula is C12H15N3S. The summed E-state index contributed by atoms with van der Waals surface area (Å²) in [6.45, 7) is 3.05. The van der Waals surface area contributed by atoms with E-state index in [0.29, 0.717) is 0 Å². The second-order valence-corrected chi connectivity index (χ2v) is 4.56. The minimum Gasteiger partial charge on any atom is -0.309 e. The first kappa shape index (κ1) is 11.2. The van der Waals surface area contributed by atoms with Crippen LogP contribution in [0.1, 0.15) is 23.5 Å². The molecule has 2 heterocycles. The molecule has 2 aromatic rings. The predicted octanol–water partition coefficient (Wildman–Crippen LogP) is 2.43. The van der Waals surface area contributed by atoms with Gasteiger partial charge in [0.1, 0.15) is 0 Å². The molecule has 1 atom stereocenters. The summed E-state index contributed by atoms with van der Waals surface area (Å²) in [6.07, 6.45) is 6.26. The second kappa shape index (κ2) is 5.72. The van der Waals surface area contributed by atoms with Gasteiger partial charge in [-0.05, 0) is 18.0 Å². The van der Waals surface area contributed by atoms with E-state index < -0.39 is 0 Å². The average Bonchev–Trinajstić information content (AvgIpc) is 2.83. The first-order valence-corrected chi connectivity index (χ1v) is 6.29. The van der Waals surface area contributed by atoms with Crippen LogP contribution < -0.4 is 5.32 Å². The fourth-order valence-corrected chi connectivity index (χ4v) is 2.40. The van der Waals surface area contributed by atoms with E-state index in [1.807, 2.05) is 6.20 Å². The van der Waals surface area contributed by atoms with Crippen LogP contribution in [-0.4, -0.2) is 16.5 Å². The monoisotopic (exact) mass is 233 g/mol. The van der Waals surface area contributed by atoms with E-state index >= 15 is 0 Å². The van der Waals surface area contributed by atoms with E-state index in [-0.39, 0.29) is 6.04 Å². The summed E-state index contributed by atoms with van der Waals surface area (Å²) in [6, 6.07) is 4.50. The summed E-state index contributed by atoms with van der Waals surface area (Å²) in [5.41, 5.74) is 1.01. The van der Waals surface area contributed by atoms with Crippen LogP contribution in [0, 0.1) is 0 Å². The fraction of sp³-hybridized carbons (Fsp3) is 0.333. The molecule has 2 aromatic heterocycles. The maximum absolute atomic E-state index is 4.36. The van der Waals surface area contributed by atoms with Gasteiger partial charge in [0.25, 0.3) is 0 Å². The molecule has 4 heteroatoms. The molecule has 0 spiro atoms. The van der Waals surface area contributed by atoms with Gasteiger partial charge in [-0.25, -0.2) is 0 Å². The molecule has 2 rings (SSSR count). The summed E-state index contributed by atoms with van der Waals surface area (Å²) in [4.78, 5) is 9.85. The second-order valence-electron chi connectivity index (χ2n) is 3.52. The zero-order valence-electron chi connectivity index (χ0n) is 9.26. The lowest BCUT2D eigenvalue weighted by Crippen LogP contribution is -2.23. The third kappa shape index (κ3) is 2.87. The van der Waals surface area contributed by atoms with Crippen molar-refractivity contribution in [3.63, 3.8) is 0 Å². The molecule has 0 bridgehead atoms. The third-order valence-corrected chi connectivity index (χ3v) is 3.27. The first-order valence-electron chi connectivity index (χ1n) is 5.42. The average molecular weight is 233 g/mol. The van der Waals surface area contributed by atoms with Gasteiger partial charge in [-0.2, -0.15) is 0 Å². The van der Waals surface area contributed by atoms with Crippen LogP contribution in [0.15, 0.2) is 36.1 Å². The zero-order valence-corrected chi connectivity index (χ0v) is 10.1. The number of nitrogens with zero attached hydrogens (tertiary/aromatic N) is 2. The van der Waals surface area contributed by atoms with Crippen molar-refractivity contribution in [2.24, 2.45) is 0 Å². The largest absolute Gasteiger partial charge is 0.309 e. The van der Waals surface area contributed by atoms with Crippen molar-refractivity contribution >= 4 is 11.3 Å². The Kier molecular flexibility index (Phi) is 4.02. The molecule has 0 aliphatic carbocycles. The minimum atomic E-state index is 0.261. The Labute approximate surface area is 99.6 Å². The summed E-state index contributed by atoms with van der Waals surface area (Å²) in [5.74, 6) is 0. The Bertz CT molecular complexity index is 399. The molecule has 3 nitrogen and oxygen atoms in total. The van der Waals surface area contributed by atoms with Crippen LogP contribution in [0.2, 0.25) is 0 Å². The number of rotatable bonds is 5. The number of aromatic nitrogens is 2. The predicted molar refractivity (Wildman–Crippen MR) is 66.5 cm³/mol. The third-order valence-electron chi connectivity index (χ3n) is 2.38. The van der Waals surface area contributed by atoms with Gasteiger partial charge in [-0.15, -0.1) is 11.3 Å². The quantitative estimate of drug-likeness (QED) is 0.862. The molecule has 1 N–H and O–H groups in total. The Hall–Kier alpha value is -1.26. The number of thiophene rings is 1. The standard InChI is InChI=1S/C12H15N3S/c1-2-14-11(8-10-4-3-7-16-10)12-9-13-5-6-15-12/h3-7,9,11,14H,2,8H2,1H3. The number of hydrogen-bond acceptors (Lipinski definition) is 4. The summed E-state index contributed by atoms with van der Waals surface area (Å²) < 4.78 is 0. The highest BCUT2D eigenvalue weighted by Crippen LogP contribution is 2.19. The minimum absolute atomic E-state index is 0.261. The SMILES string of the molecule is CCNC(Cc1cccs1)c1cnccn1. The molecule has 0 aromatic carbocycles. The normalized spacial score (nSPS) is 12.6. The van der Waals surface area contributed by atoms with Crippen LogP contribution in [0.4, 0.5) is 0 Å². The highest BCUT2D eigenvalue weighted by Gasteiger charge is 2.12. The number of nitrogens with one attached hydrogen (secondary N) is 1. The van der Waals surface area contributed by atoms with Crippen molar-refractivity contribution < 1.29 is 0 Å². The molecular weight excluding hydrogens is 218 g/mol. The van der Waals surface area contributed by atoms with Crippen molar-refractivity contribution in [1.29, 1.82) is 0 Å². The topological polar surface area (TPSA) is 37.8 Å². The lowest BCUT2D eigenvalue weighted by Gasteiger charge is -2.15. The fourth-order valence-electron chi connectivity index (χ4n) is 1.65. The van der Waals surface area contributed by atoms with Crippen molar-refractivity contribution in [2.45, 2.75) is 19.4 Å². The molecule has 0 saturated carbocycles. The van der Waals surface area contributed by atoms with Crippen molar-refractivity contribution in [3.05, 3.63) is 46.7 Å². The smallest absolute Gasteiger partial charge is 0.0759 e. The van der Waals surface area contributed by atoms with E-state index in [1.54, 1.807) is 23.7 Å². The van der Waals surface area contributed by atoms with Crippen LogP contribution in [0.25, 0.3) is 0 Å². The number of likely N-dealkylation sites (N-methyl/N-ethyl adjacent to an activating group) is 1. The van der Waals surface area contributed by atoms with Crippen LogP contribution in [0.3, 0.4) is 0 Å². The molecule has 0 radical (unpaired) electrons. The Morgan fingerprint density at radius 2 is 2.38 bits per heavy atom. The van der Waals surface area contributed by atoms with E-state index in [0.717, 1.165) is 18.7 Å². The van der Waals surface area contributed by atoms with Gasteiger partial charge in [-0.3, -0.25) is 9.97 Å². The molecule has 0 fully saturated rings. The van der Waals surface area contributed by atoms with Crippen LogP contribution in [-0.2, 0) is 6.42 Å². The van der Waals surface area contributed by atoms with Crippen molar-refractivity contribution in [2.75, 3.05) is 6.54 Å². The van der Waals surface area contributed by atoms with E-state index in [9.17, 15) is 0 Å². The summed E-state index contributed by atoms with van der Waals surface area (Å²) >= 11 is 1.78. The van der Waals surface area contributed by atoms with Gasteiger partial charge in [0.05, 0.1) is 11.7 Å². The maximum Gasteiger partial charge on any atom is 0.0759 e. The maximum atomic E-state index is 4.36. The summed E-state index contributed by atoms with van der Waals surface area (Å²) in [7, 11) is 0. The van der Waals surface area contributed by atoms with Crippen molar-refractivity contribution in [1.82, 2.24) is 15.3 Å². The van der Waals surface area contributed by atoms with E-state index in [2.05, 4.69) is 39.7 Å². The molecule has 0 saturated heterocycles. The van der Waals surface area contributed by atoms with Gasteiger partial charge in [0, 0.05) is 29.9 Å². The molecule has 16 heavy (non-hydrogen) atoms. The Morgan fingerprint density at radius 3 is 3.00 bits per heavy atom. The summed E-state index contributed by atoms with van der Waals surface area (Å²) in [5, 5.41) is 5.55. The van der Waals surface area contributed by atoms with Gasteiger partial charge < -0.3 is 5.32 Å². The van der Waals surface area contributed by atoms with Crippen LogP contribution >= 0.6 is 11.3 Å². The van der Waals surface area contributed by atoms with Gasteiger partial charge in [-0.1, -0.05) is 13.0 Å². The van der Waals surface area contributed by atoms with Crippen molar-refractivity contribution in [3.8, 4) is 0 Å². The highest BCUT2D eigenvalue weighted by molar-refractivity contribution is 7.09. The highest BCUT2D eigenvalue weighted by atomic mass is 32.1. The van der Waals surface area contributed by atoms with Crippen LogP contribution in [0.5, 0.6) is 0 Å². The molecule has 84 valence electrons. The van der Waals surface area contributed by atoms with Gasteiger partial charge in [0.15, 0.2) is 0 Å². The lowest BCUT2D eigenvalue weighted by atomic mass is 10.1.